The molecular formula is C10H16N2O4. The molecule has 0 spiro atoms. The van der Waals surface area contributed by atoms with Crippen molar-refractivity contribution >= 4 is 11.9 Å². The van der Waals surface area contributed by atoms with Crippen molar-refractivity contribution < 1.29 is 19.4 Å². The molecule has 2 heterocycles. The summed E-state index contributed by atoms with van der Waals surface area (Å²) in [7, 11) is 0. The van der Waals surface area contributed by atoms with Gasteiger partial charge < -0.3 is 14.7 Å². The van der Waals surface area contributed by atoms with Crippen molar-refractivity contribution in [3.05, 3.63) is 0 Å². The summed E-state index contributed by atoms with van der Waals surface area (Å²) in [5.41, 5.74) is -0.844. The second kappa shape index (κ2) is 4.03. The molecule has 0 aromatic rings. The maximum atomic E-state index is 11.2. The van der Waals surface area contributed by atoms with Crippen LogP contribution < -0.4 is 0 Å². The summed E-state index contributed by atoms with van der Waals surface area (Å²) >= 11 is 0. The van der Waals surface area contributed by atoms with Gasteiger partial charge in [-0.25, -0.2) is 0 Å². The monoisotopic (exact) mass is 228 g/mol. The van der Waals surface area contributed by atoms with Gasteiger partial charge in [-0.2, -0.15) is 0 Å². The van der Waals surface area contributed by atoms with Gasteiger partial charge in [-0.15, -0.1) is 0 Å². The van der Waals surface area contributed by atoms with Crippen molar-refractivity contribution in [1.82, 2.24) is 9.80 Å². The van der Waals surface area contributed by atoms with Crippen LogP contribution in [-0.2, 0) is 14.3 Å². The van der Waals surface area contributed by atoms with Gasteiger partial charge in [0.15, 0.2) is 5.54 Å². The number of carboxylic acids is 1. The molecule has 6 nitrogen and oxygen atoms in total. The fourth-order valence-corrected chi connectivity index (χ4v) is 2.19. The average Bonchev–Trinajstić information content (AvgIpc) is 2.16. The predicted molar refractivity (Wildman–Crippen MR) is 55.0 cm³/mol. The van der Waals surface area contributed by atoms with Crippen LogP contribution in [0.1, 0.15) is 6.92 Å². The zero-order chi connectivity index (χ0) is 11.8. The third-order valence-corrected chi connectivity index (χ3v) is 3.41. The Balaban J connectivity index is 1.98. The van der Waals surface area contributed by atoms with E-state index >= 15 is 0 Å². The number of carboxylic acid groups (broad SMARTS) is 1. The van der Waals surface area contributed by atoms with E-state index in [0.29, 0.717) is 26.2 Å². The van der Waals surface area contributed by atoms with Gasteiger partial charge in [0.25, 0.3) is 0 Å². The second-order valence-electron chi connectivity index (χ2n) is 4.32. The van der Waals surface area contributed by atoms with Gasteiger partial charge in [0.05, 0.1) is 13.2 Å². The van der Waals surface area contributed by atoms with Crippen LogP contribution >= 0.6 is 0 Å². The van der Waals surface area contributed by atoms with E-state index < -0.39 is 11.5 Å². The average molecular weight is 228 g/mol. The summed E-state index contributed by atoms with van der Waals surface area (Å²) in [6, 6.07) is 0. The molecule has 6 heteroatoms. The van der Waals surface area contributed by atoms with Gasteiger partial charge in [0.2, 0.25) is 5.91 Å². The Bertz CT molecular complexity index is 306. The molecule has 1 N–H and O–H groups in total. The van der Waals surface area contributed by atoms with E-state index in [0.717, 1.165) is 0 Å². The summed E-state index contributed by atoms with van der Waals surface area (Å²) in [5, 5.41) is 9.21. The van der Waals surface area contributed by atoms with Crippen LogP contribution in [0.25, 0.3) is 0 Å². The third-order valence-electron chi connectivity index (χ3n) is 3.41. The number of piperazine rings is 1. The lowest BCUT2D eigenvalue weighted by atomic mass is 9.94. The first-order valence-electron chi connectivity index (χ1n) is 5.38. The van der Waals surface area contributed by atoms with E-state index in [-0.39, 0.29) is 19.1 Å². The Morgan fingerprint density at radius 2 is 1.75 bits per heavy atom. The van der Waals surface area contributed by atoms with E-state index in [9.17, 15) is 14.7 Å². The lowest BCUT2D eigenvalue weighted by Crippen LogP contribution is -2.70. The van der Waals surface area contributed by atoms with E-state index in [1.807, 2.05) is 4.90 Å². The molecule has 2 fully saturated rings. The molecule has 0 aromatic carbocycles. The van der Waals surface area contributed by atoms with Crippen LogP contribution in [0.15, 0.2) is 0 Å². The highest BCUT2D eigenvalue weighted by Gasteiger charge is 2.51. The smallest absolute Gasteiger partial charge is 0.328 e. The Hall–Kier alpha value is -1.14. The Morgan fingerprint density at radius 1 is 1.19 bits per heavy atom. The van der Waals surface area contributed by atoms with Crippen LogP contribution in [0, 0.1) is 0 Å². The molecule has 0 unspecified atom stereocenters. The lowest BCUT2D eigenvalue weighted by Gasteiger charge is -2.49. The van der Waals surface area contributed by atoms with E-state index in [1.54, 1.807) is 4.90 Å². The first kappa shape index (κ1) is 11.3. The maximum Gasteiger partial charge on any atom is 0.328 e. The maximum absolute atomic E-state index is 11.2. The van der Waals surface area contributed by atoms with E-state index in [1.165, 1.54) is 6.92 Å². The number of hydrogen-bond donors (Lipinski definition) is 1. The van der Waals surface area contributed by atoms with Crippen molar-refractivity contribution in [2.75, 3.05) is 39.4 Å². The summed E-state index contributed by atoms with van der Waals surface area (Å²) in [6.45, 7) is 4.46. The number of ether oxygens (including phenoxy) is 1. The molecule has 2 aliphatic heterocycles. The standard InChI is InChI=1S/C10H16N2O4/c1-8(13)11-2-4-12(5-3-11)10(9(14)15)6-16-7-10/h2-7H2,1H3,(H,14,15). The molecule has 0 aliphatic carbocycles. The van der Waals surface area contributed by atoms with Gasteiger partial charge in [-0.05, 0) is 0 Å². The quantitative estimate of drug-likeness (QED) is 0.656. The summed E-state index contributed by atoms with van der Waals surface area (Å²) in [4.78, 5) is 26.0. The minimum absolute atomic E-state index is 0.0499. The third kappa shape index (κ3) is 1.68. The topological polar surface area (TPSA) is 70.1 Å². The van der Waals surface area contributed by atoms with Crippen molar-refractivity contribution in [2.45, 2.75) is 12.5 Å². The summed E-state index contributed by atoms with van der Waals surface area (Å²) in [6.07, 6.45) is 0. The van der Waals surface area contributed by atoms with Gasteiger partial charge >= 0.3 is 5.97 Å². The molecule has 90 valence electrons. The van der Waals surface area contributed by atoms with Crippen LogP contribution in [-0.4, -0.2) is 71.7 Å². The van der Waals surface area contributed by atoms with Crippen LogP contribution in [0.4, 0.5) is 0 Å². The Kier molecular flexibility index (Phi) is 2.86. The van der Waals surface area contributed by atoms with Crippen LogP contribution in [0.2, 0.25) is 0 Å². The highest BCUT2D eigenvalue weighted by Crippen LogP contribution is 2.26. The first-order chi connectivity index (χ1) is 7.56. The fraction of sp³-hybridized carbons (Fsp3) is 0.800. The second-order valence-corrected chi connectivity index (χ2v) is 4.32. The van der Waals surface area contributed by atoms with Gasteiger partial charge in [-0.1, -0.05) is 0 Å². The highest BCUT2D eigenvalue weighted by atomic mass is 16.5. The summed E-state index contributed by atoms with van der Waals surface area (Å²) in [5.74, 6) is -0.774. The molecule has 2 aliphatic rings. The number of carbonyl (C=O) groups is 2. The number of nitrogens with zero attached hydrogens (tertiary/aromatic N) is 2. The molecule has 1 amide bonds. The fourth-order valence-electron chi connectivity index (χ4n) is 2.19. The molecule has 16 heavy (non-hydrogen) atoms. The molecule has 2 saturated heterocycles. The number of aliphatic carboxylic acids is 1. The van der Waals surface area contributed by atoms with Gasteiger partial charge in [0, 0.05) is 33.1 Å². The van der Waals surface area contributed by atoms with Crippen molar-refractivity contribution in [3.63, 3.8) is 0 Å². The molecule has 0 saturated carbocycles. The Labute approximate surface area is 93.8 Å². The number of amides is 1. The largest absolute Gasteiger partial charge is 0.480 e. The van der Waals surface area contributed by atoms with Gasteiger partial charge in [-0.3, -0.25) is 14.5 Å². The number of carbonyl (C=O) groups excluding carboxylic acids is 1. The molecule has 2 rings (SSSR count). The summed E-state index contributed by atoms with van der Waals surface area (Å²) < 4.78 is 5.02. The van der Waals surface area contributed by atoms with Crippen LogP contribution in [0.5, 0.6) is 0 Å². The molecule has 0 aromatic heterocycles. The SMILES string of the molecule is CC(=O)N1CCN(C2(C(=O)O)COC2)CC1. The zero-order valence-electron chi connectivity index (χ0n) is 9.31. The molecular weight excluding hydrogens is 212 g/mol. The predicted octanol–water partition coefficient (Wildman–Crippen LogP) is -0.996. The number of hydrogen-bond acceptors (Lipinski definition) is 4. The molecule has 0 atom stereocenters. The van der Waals surface area contributed by atoms with Crippen molar-refractivity contribution in [1.29, 1.82) is 0 Å². The minimum atomic E-state index is -0.844. The van der Waals surface area contributed by atoms with E-state index in [4.69, 9.17) is 4.74 Å². The van der Waals surface area contributed by atoms with Crippen molar-refractivity contribution in [2.24, 2.45) is 0 Å². The highest BCUT2D eigenvalue weighted by molar-refractivity contribution is 5.80. The number of rotatable bonds is 2. The molecule has 0 radical (unpaired) electrons. The first-order valence-corrected chi connectivity index (χ1v) is 5.38. The van der Waals surface area contributed by atoms with Crippen molar-refractivity contribution in [3.8, 4) is 0 Å². The molecule has 0 bridgehead atoms. The van der Waals surface area contributed by atoms with Gasteiger partial charge in [0.1, 0.15) is 0 Å². The zero-order valence-corrected chi connectivity index (χ0v) is 9.31. The minimum Gasteiger partial charge on any atom is -0.480 e. The lowest BCUT2D eigenvalue weighted by molar-refractivity contribution is -0.190. The van der Waals surface area contributed by atoms with Crippen LogP contribution in [0.3, 0.4) is 0 Å². The normalized spacial score (nSPS) is 24.9. The van der Waals surface area contributed by atoms with E-state index in [2.05, 4.69) is 0 Å². The Morgan fingerprint density at radius 3 is 2.06 bits per heavy atom.